The molecule has 0 radical (unpaired) electrons. The molecule has 1 heterocycles. The van der Waals surface area contributed by atoms with Crippen LogP contribution in [0.4, 0.5) is 17.2 Å². The van der Waals surface area contributed by atoms with Gasteiger partial charge >= 0.3 is 5.97 Å². The van der Waals surface area contributed by atoms with E-state index in [1.165, 1.54) is 23.9 Å². The highest BCUT2D eigenvalue weighted by Crippen LogP contribution is 2.29. The van der Waals surface area contributed by atoms with Crippen LogP contribution in [0.15, 0.2) is 47.5 Å². The third-order valence-electron chi connectivity index (χ3n) is 2.46. The van der Waals surface area contributed by atoms with Crippen molar-refractivity contribution in [2.45, 2.75) is 4.90 Å². The Hall–Kier alpha value is -2.61. The summed E-state index contributed by atoms with van der Waals surface area (Å²) >= 11 is 1.18. The summed E-state index contributed by atoms with van der Waals surface area (Å²) in [6.45, 7) is 0. The molecular weight excluding hydrogens is 294 g/mol. The number of thioether (sulfide) groups is 1. The molecule has 0 spiro atoms. The second-order valence-electron chi connectivity index (χ2n) is 3.96. The number of pyridine rings is 1. The fraction of sp³-hybridized carbons (Fsp3) is 0.0769. The van der Waals surface area contributed by atoms with E-state index in [0.717, 1.165) is 11.1 Å². The van der Waals surface area contributed by atoms with Gasteiger partial charge in [0.15, 0.2) is 0 Å². The highest BCUT2D eigenvalue weighted by Gasteiger charge is 2.08. The summed E-state index contributed by atoms with van der Waals surface area (Å²) in [5, 5.41) is 22.3. The lowest BCUT2D eigenvalue weighted by atomic mass is 10.3. The SMILES string of the molecule is O=C(O)CSc1ccccc1Nc1ccc([N+](=O)[O-])cn1. The molecule has 0 amide bonds. The van der Waals surface area contributed by atoms with E-state index in [1.54, 1.807) is 24.3 Å². The van der Waals surface area contributed by atoms with E-state index in [2.05, 4.69) is 10.3 Å². The Bertz CT molecular complexity index is 661. The number of aromatic nitrogens is 1. The van der Waals surface area contributed by atoms with Crippen LogP contribution >= 0.6 is 11.8 Å². The van der Waals surface area contributed by atoms with Gasteiger partial charge in [-0.25, -0.2) is 4.98 Å². The number of carboxylic acids is 1. The molecule has 7 nitrogen and oxygen atoms in total. The molecule has 2 N–H and O–H groups in total. The van der Waals surface area contributed by atoms with Gasteiger partial charge in [-0.1, -0.05) is 12.1 Å². The number of benzene rings is 1. The summed E-state index contributed by atoms with van der Waals surface area (Å²) in [5.41, 5.74) is 0.610. The first-order valence-electron chi connectivity index (χ1n) is 5.87. The lowest BCUT2D eigenvalue weighted by molar-refractivity contribution is -0.385. The standard InChI is InChI=1S/C13H11N3O4S/c17-13(18)8-21-11-4-2-1-3-10(11)15-12-6-5-9(7-14-12)16(19)20/h1-7H,8H2,(H,14,15)(H,17,18). The van der Waals surface area contributed by atoms with E-state index in [1.807, 2.05) is 0 Å². The number of para-hydroxylation sites is 1. The average molecular weight is 305 g/mol. The lowest BCUT2D eigenvalue weighted by Crippen LogP contribution is -2.00. The number of carbonyl (C=O) groups is 1. The quantitative estimate of drug-likeness (QED) is 0.480. The van der Waals surface area contributed by atoms with Crippen molar-refractivity contribution in [1.82, 2.24) is 4.98 Å². The molecule has 21 heavy (non-hydrogen) atoms. The molecule has 0 atom stereocenters. The smallest absolute Gasteiger partial charge is 0.313 e. The Balaban J connectivity index is 2.15. The molecule has 0 unspecified atom stereocenters. The van der Waals surface area contributed by atoms with Gasteiger partial charge in [0.2, 0.25) is 0 Å². The molecule has 0 aliphatic carbocycles. The van der Waals surface area contributed by atoms with Gasteiger partial charge in [0, 0.05) is 11.0 Å². The van der Waals surface area contributed by atoms with E-state index in [0.29, 0.717) is 11.5 Å². The third-order valence-corrected chi connectivity index (χ3v) is 3.52. The molecule has 0 bridgehead atoms. The number of hydrogen-bond donors (Lipinski definition) is 2. The summed E-state index contributed by atoms with van der Waals surface area (Å²) in [6, 6.07) is 10.0. The van der Waals surface area contributed by atoms with Gasteiger partial charge < -0.3 is 10.4 Å². The number of carboxylic acid groups (broad SMARTS) is 1. The molecule has 1 aromatic heterocycles. The zero-order chi connectivity index (χ0) is 15.2. The van der Waals surface area contributed by atoms with Gasteiger partial charge in [-0.2, -0.15) is 0 Å². The maximum atomic E-state index is 10.6. The van der Waals surface area contributed by atoms with Gasteiger partial charge in [0.05, 0.1) is 16.4 Å². The second-order valence-corrected chi connectivity index (χ2v) is 4.98. The molecule has 0 aliphatic heterocycles. The molecule has 0 saturated carbocycles. The van der Waals surface area contributed by atoms with Gasteiger partial charge in [-0.3, -0.25) is 14.9 Å². The lowest BCUT2D eigenvalue weighted by Gasteiger charge is -2.10. The van der Waals surface area contributed by atoms with E-state index in [9.17, 15) is 14.9 Å². The minimum atomic E-state index is -0.900. The normalized spacial score (nSPS) is 10.1. The number of anilines is 2. The zero-order valence-electron chi connectivity index (χ0n) is 10.7. The largest absolute Gasteiger partial charge is 0.481 e. The fourth-order valence-electron chi connectivity index (χ4n) is 1.54. The third kappa shape index (κ3) is 4.18. The Morgan fingerprint density at radius 1 is 1.33 bits per heavy atom. The fourth-order valence-corrected chi connectivity index (χ4v) is 2.27. The molecule has 1 aromatic carbocycles. The monoisotopic (exact) mass is 305 g/mol. The summed E-state index contributed by atoms with van der Waals surface area (Å²) in [4.78, 5) is 25.4. The molecule has 0 fully saturated rings. The van der Waals surface area contributed by atoms with Crippen molar-refractivity contribution < 1.29 is 14.8 Å². The van der Waals surface area contributed by atoms with Crippen LogP contribution in [0.25, 0.3) is 0 Å². The van der Waals surface area contributed by atoms with Crippen molar-refractivity contribution in [2.75, 3.05) is 11.1 Å². The van der Waals surface area contributed by atoms with Crippen molar-refractivity contribution in [3.05, 3.63) is 52.7 Å². The molecule has 0 aliphatic rings. The number of hydrogen-bond acceptors (Lipinski definition) is 6. The predicted octanol–water partition coefficient (Wildman–Crippen LogP) is 2.91. The Morgan fingerprint density at radius 3 is 2.71 bits per heavy atom. The van der Waals surface area contributed by atoms with Crippen molar-refractivity contribution in [3.63, 3.8) is 0 Å². The number of rotatable bonds is 6. The molecule has 8 heteroatoms. The Morgan fingerprint density at radius 2 is 2.10 bits per heavy atom. The zero-order valence-corrected chi connectivity index (χ0v) is 11.5. The predicted molar refractivity (Wildman–Crippen MR) is 79.0 cm³/mol. The number of aliphatic carboxylic acids is 1. The molecule has 2 aromatic rings. The minimum absolute atomic E-state index is 0.0492. The van der Waals surface area contributed by atoms with Crippen LogP contribution in [-0.2, 0) is 4.79 Å². The number of nitrogens with zero attached hydrogens (tertiary/aromatic N) is 2. The Labute approximate surface area is 124 Å². The van der Waals surface area contributed by atoms with Crippen LogP contribution in [0, 0.1) is 10.1 Å². The number of nitro groups is 1. The first-order chi connectivity index (χ1) is 10.1. The van der Waals surface area contributed by atoms with Gasteiger partial charge in [0.25, 0.3) is 5.69 Å². The van der Waals surface area contributed by atoms with Crippen LogP contribution in [0.3, 0.4) is 0 Å². The topological polar surface area (TPSA) is 105 Å². The summed E-state index contributed by atoms with van der Waals surface area (Å²) in [7, 11) is 0. The van der Waals surface area contributed by atoms with Gasteiger partial charge in [-0.15, -0.1) is 11.8 Å². The van der Waals surface area contributed by atoms with Crippen molar-refractivity contribution in [2.24, 2.45) is 0 Å². The maximum Gasteiger partial charge on any atom is 0.313 e. The van der Waals surface area contributed by atoms with Gasteiger partial charge in [0.1, 0.15) is 12.0 Å². The summed E-state index contributed by atoms with van der Waals surface area (Å²) in [5.74, 6) is -0.501. The highest BCUT2D eigenvalue weighted by atomic mass is 32.2. The minimum Gasteiger partial charge on any atom is -0.481 e. The van der Waals surface area contributed by atoms with Crippen molar-refractivity contribution in [3.8, 4) is 0 Å². The first-order valence-corrected chi connectivity index (χ1v) is 6.86. The van der Waals surface area contributed by atoms with Crippen molar-refractivity contribution in [1.29, 1.82) is 0 Å². The van der Waals surface area contributed by atoms with E-state index in [4.69, 9.17) is 5.11 Å². The Kier molecular flexibility index (Phi) is 4.72. The molecule has 108 valence electrons. The second kappa shape index (κ2) is 6.71. The summed E-state index contributed by atoms with van der Waals surface area (Å²) < 4.78 is 0. The maximum absolute atomic E-state index is 10.6. The first kappa shape index (κ1) is 14.8. The highest BCUT2D eigenvalue weighted by molar-refractivity contribution is 8.00. The van der Waals surface area contributed by atoms with Crippen LogP contribution in [0.5, 0.6) is 0 Å². The molecule has 0 saturated heterocycles. The average Bonchev–Trinajstić information content (AvgIpc) is 2.47. The van der Waals surface area contributed by atoms with E-state index >= 15 is 0 Å². The van der Waals surface area contributed by atoms with Crippen molar-refractivity contribution >= 4 is 34.9 Å². The molecule has 2 rings (SSSR count). The molecular formula is C13H11N3O4S. The van der Waals surface area contributed by atoms with Crippen LogP contribution in [-0.4, -0.2) is 26.7 Å². The van der Waals surface area contributed by atoms with E-state index < -0.39 is 10.9 Å². The van der Waals surface area contributed by atoms with E-state index in [-0.39, 0.29) is 11.4 Å². The van der Waals surface area contributed by atoms with Crippen LogP contribution < -0.4 is 5.32 Å². The number of nitrogens with one attached hydrogen (secondary N) is 1. The van der Waals surface area contributed by atoms with Crippen LogP contribution in [0.1, 0.15) is 0 Å². The van der Waals surface area contributed by atoms with Gasteiger partial charge in [-0.05, 0) is 18.2 Å². The van der Waals surface area contributed by atoms with Crippen LogP contribution in [0.2, 0.25) is 0 Å². The summed E-state index contributed by atoms with van der Waals surface area (Å²) in [6.07, 6.45) is 1.16.